The molecule has 0 aliphatic carbocycles. The first-order chi connectivity index (χ1) is 8.97. The van der Waals surface area contributed by atoms with E-state index in [9.17, 15) is 14.7 Å². The number of amides is 2. The van der Waals surface area contributed by atoms with Gasteiger partial charge in [-0.2, -0.15) is 0 Å². The summed E-state index contributed by atoms with van der Waals surface area (Å²) in [4.78, 5) is 22.7. The third-order valence-electron chi connectivity index (χ3n) is 2.80. The molecule has 6 nitrogen and oxygen atoms in total. The summed E-state index contributed by atoms with van der Waals surface area (Å²) in [5.41, 5.74) is -0.00606. The zero-order valence-corrected chi connectivity index (χ0v) is 10.9. The molecule has 0 unspecified atom stereocenters. The summed E-state index contributed by atoms with van der Waals surface area (Å²) in [7, 11) is 0. The van der Waals surface area contributed by atoms with Gasteiger partial charge in [-0.25, -0.2) is 9.59 Å². The number of aromatic hydroxyl groups is 1. The Morgan fingerprint density at radius 3 is 2.42 bits per heavy atom. The van der Waals surface area contributed by atoms with Gasteiger partial charge in [0.05, 0.1) is 11.3 Å². The van der Waals surface area contributed by atoms with Crippen LogP contribution in [0, 0.1) is 0 Å². The predicted molar refractivity (Wildman–Crippen MR) is 71.6 cm³/mol. The van der Waals surface area contributed by atoms with E-state index in [1.165, 1.54) is 12.1 Å². The lowest BCUT2D eigenvalue weighted by Gasteiger charge is -2.16. The van der Waals surface area contributed by atoms with E-state index in [0.29, 0.717) is 0 Å². The van der Waals surface area contributed by atoms with Gasteiger partial charge < -0.3 is 20.8 Å². The second-order valence-electron chi connectivity index (χ2n) is 4.15. The lowest BCUT2D eigenvalue weighted by atomic mass is 10.1. The Balaban J connectivity index is 2.82. The second-order valence-corrected chi connectivity index (χ2v) is 4.15. The van der Waals surface area contributed by atoms with E-state index in [-0.39, 0.29) is 23.0 Å². The van der Waals surface area contributed by atoms with Crippen LogP contribution in [0.5, 0.6) is 5.75 Å². The average molecular weight is 266 g/mol. The van der Waals surface area contributed by atoms with Crippen LogP contribution in [0.25, 0.3) is 0 Å². The minimum atomic E-state index is -1.21. The van der Waals surface area contributed by atoms with Crippen molar-refractivity contribution in [3.05, 3.63) is 23.8 Å². The summed E-state index contributed by atoms with van der Waals surface area (Å²) in [6.45, 7) is 3.91. The molecule has 0 saturated carbocycles. The molecule has 6 heteroatoms. The minimum Gasteiger partial charge on any atom is -0.508 e. The molecule has 1 rings (SSSR count). The molecule has 0 saturated heterocycles. The first kappa shape index (κ1) is 14.8. The minimum absolute atomic E-state index is 0.0467. The molecular weight excluding hydrogens is 248 g/mol. The molecule has 0 radical (unpaired) electrons. The van der Waals surface area contributed by atoms with Gasteiger partial charge in [-0.3, -0.25) is 0 Å². The Kier molecular flexibility index (Phi) is 5.17. The molecule has 0 aliphatic heterocycles. The largest absolute Gasteiger partial charge is 0.508 e. The third kappa shape index (κ3) is 4.17. The fourth-order valence-electron chi connectivity index (χ4n) is 1.65. The van der Waals surface area contributed by atoms with Gasteiger partial charge in [-0.05, 0) is 31.0 Å². The van der Waals surface area contributed by atoms with E-state index in [2.05, 4.69) is 10.6 Å². The van der Waals surface area contributed by atoms with Crippen molar-refractivity contribution in [1.82, 2.24) is 5.32 Å². The maximum atomic E-state index is 11.7. The molecule has 19 heavy (non-hydrogen) atoms. The Labute approximate surface area is 111 Å². The number of anilines is 1. The molecule has 0 aromatic heterocycles. The van der Waals surface area contributed by atoms with Gasteiger partial charge in [0.2, 0.25) is 0 Å². The molecule has 4 N–H and O–H groups in total. The molecule has 0 heterocycles. The molecule has 0 bridgehead atoms. The first-order valence-electron chi connectivity index (χ1n) is 6.11. The number of urea groups is 1. The number of rotatable bonds is 5. The maximum absolute atomic E-state index is 11.7. The summed E-state index contributed by atoms with van der Waals surface area (Å²) in [5.74, 6) is -1.38. The van der Waals surface area contributed by atoms with Gasteiger partial charge in [0.1, 0.15) is 5.75 Å². The predicted octanol–water partition coefficient (Wildman–Crippen LogP) is 2.40. The molecule has 0 spiro atoms. The van der Waals surface area contributed by atoms with Crippen molar-refractivity contribution in [3.8, 4) is 5.75 Å². The molecule has 2 amide bonds. The van der Waals surface area contributed by atoms with Crippen LogP contribution in [-0.2, 0) is 0 Å². The standard InChI is InChI=1S/C13H18N2O4/c1-3-8(4-2)14-13(19)15-11-6-5-9(16)7-10(11)12(17)18/h5-8,16H,3-4H2,1-2H3,(H,17,18)(H2,14,15,19). The zero-order chi connectivity index (χ0) is 14.4. The van der Waals surface area contributed by atoms with Crippen LogP contribution in [0.3, 0.4) is 0 Å². The van der Waals surface area contributed by atoms with E-state index >= 15 is 0 Å². The van der Waals surface area contributed by atoms with Crippen molar-refractivity contribution in [3.63, 3.8) is 0 Å². The Bertz CT molecular complexity index is 470. The zero-order valence-electron chi connectivity index (χ0n) is 10.9. The number of phenols is 1. The molecule has 104 valence electrons. The van der Waals surface area contributed by atoms with E-state index in [4.69, 9.17) is 5.11 Å². The highest BCUT2D eigenvalue weighted by Crippen LogP contribution is 2.21. The van der Waals surface area contributed by atoms with Gasteiger partial charge in [-0.15, -0.1) is 0 Å². The highest BCUT2D eigenvalue weighted by atomic mass is 16.4. The first-order valence-corrected chi connectivity index (χ1v) is 6.11. The van der Waals surface area contributed by atoms with Gasteiger partial charge in [-0.1, -0.05) is 13.8 Å². The van der Waals surface area contributed by atoms with Gasteiger partial charge in [0, 0.05) is 6.04 Å². The second kappa shape index (κ2) is 6.63. The Hall–Kier alpha value is -2.24. The topological polar surface area (TPSA) is 98.7 Å². The van der Waals surface area contributed by atoms with Gasteiger partial charge >= 0.3 is 12.0 Å². The van der Waals surface area contributed by atoms with Crippen LogP contribution in [0.15, 0.2) is 18.2 Å². The van der Waals surface area contributed by atoms with Crippen molar-refractivity contribution in [2.24, 2.45) is 0 Å². The number of carboxylic acids is 1. The van der Waals surface area contributed by atoms with Gasteiger partial charge in [0.15, 0.2) is 0 Å². The lowest BCUT2D eigenvalue weighted by molar-refractivity contribution is 0.0697. The number of aromatic carboxylic acids is 1. The Morgan fingerprint density at radius 1 is 1.26 bits per heavy atom. The van der Waals surface area contributed by atoms with Crippen LogP contribution in [0.1, 0.15) is 37.0 Å². The molecule has 0 fully saturated rings. The average Bonchev–Trinajstić information content (AvgIpc) is 2.37. The number of benzene rings is 1. The lowest BCUT2D eigenvalue weighted by Crippen LogP contribution is -2.37. The quantitative estimate of drug-likeness (QED) is 0.615. The molecule has 0 aliphatic rings. The Morgan fingerprint density at radius 2 is 1.89 bits per heavy atom. The number of carboxylic acid groups (broad SMARTS) is 1. The fraction of sp³-hybridized carbons (Fsp3) is 0.385. The van der Waals surface area contributed by atoms with E-state index in [1.807, 2.05) is 13.8 Å². The number of carbonyl (C=O) groups excluding carboxylic acids is 1. The molecule has 1 aromatic rings. The highest BCUT2D eigenvalue weighted by molar-refractivity contribution is 6.00. The molecule has 1 aromatic carbocycles. The summed E-state index contributed by atoms with van der Waals surface area (Å²) in [6, 6.07) is 3.35. The van der Waals surface area contributed by atoms with Crippen molar-refractivity contribution in [2.75, 3.05) is 5.32 Å². The number of nitrogens with one attached hydrogen (secondary N) is 2. The van der Waals surface area contributed by atoms with Crippen LogP contribution < -0.4 is 10.6 Å². The summed E-state index contributed by atoms with van der Waals surface area (Å²) >= 11 is 0. The maximum Gasteiger partial charge on any atom is 0.337 e. The fourth-order valence-corrected chi connectivity index (χ4v) is 1.65. The highest BCUT2D eigenvalue weighted by Gasteiger charge is 2.14. The molecular formula is C13H18N2O4. The van der Waals surface area contributed by atoms with Crippen molar-refractivity contribution in [2.45, 2.75) is 32.7 Å². The van der Waals surface area contributed by atoms with Crippen LogP contribution in [0.4, 0.5) is 10.5 Å². The summed E-state index contributed by atoms with van der Waals surface area (Å²) in [5, 5.41) is 23.5. The summed E-state index contributed by atoms with van der Waals surface area (Å²) < 4.78 is 0. The monoisotopic (exact) mass is 266 g/mol. The number of hydrogen-bond acceptors (Lipinski definition) is 3. The number of hydrogen-bond donors (Lipinski definition) is 4. The van der Waals surface area contributed by atoms with Crippen molar-refractivity contribution in [1.29, 1.82) is 0 Å². The summed E-state index contributed by atoms with van der Waals surface area (Å²) in [6.07, 6.45) is 1.59. The van der Waals surface area contributed by atoms with E-state index < -0.39 is 12.0 Å². The normalized spacial score (nSPS) is 10.3. The smallest absolute Gasteiger partial charge is 0.337 e. The number of carbonyl (C=O) groups is 2. The third-order valence-corrected chi connectivity index (χ3v) is 2.80. The molecule has 0 atom stereocenters. The van der Waals surface area contributed by atoms with E-state index in [0.717, 1.165) is 18.9 Å². The number of phenolic OH excluding ortho intramolecular Hbond substituents is 1. The van der Waals surface area contributed by atoms with Crippen molar-refractivity contribution < 1.29 is 19.8 Å². The SMILES string of the molecule is CCC(CC)NC(=O)Nc1ccc(O)cc1C(=O)O. The van der Waals surface area contributed by atoms with Crippen molar-refractivity contribution >= 4 is 17.7 Å². The van der Waals surface area contributed by atoms with Crippen LogP contribution in [-0.4, -0.2) is 28.3 Å². The van der Waals surface area contributed by atoms with Crippen LogP contribution in [0.2, 0.25) is 0 Å². The van der Waals surface area contributed by atoms with Crippen LogP contribution >= 0.6 is 0 Å². The van der Waals surface area contributed by atoms with Gasteiger partial charge in [0.25, 0.3) is 0 Å². The van der Waals surface area contributed by atoms with E-state index in [1.54, 1.807) is 0 Å².